The number of nitrogens with two attached hydrogens (primary N) is 1. The molecule has 1 atom stereocenters. The van der Waals surface area contributed by atoms with E-state index in [-0.39, 0.29) is 11.6 Å². The summed E-state index contributed by atoms with van der Waals surface area (Å²) in [4.78, 5) is 18.8. The first-order valence-electron chi connectivity index (χ1n) is 6.49. The molecule has 20 heavy (non-hydrogen) atoms. The number of rotatable bonds is 2. The summed E-state index contributed by atoms with van der Waals surface area (Å²) in [5.41, 5.74) is 6.60. The summed E-state index contributed by atoms with van der Waals surface area (Å²) in [7, 11) is 0. The largest absolute Gasteiger partial charge is 0.350 e. The molecule has 3 rings (SSSR count). The molecule has 1 saturated heterocycles. The van der Waals surface area contributed by atoms with Crippen LogP contribution in [0.2, 0.25) is 0 Å². The summed E-state index contributed by atoms with van der Waals surface area (Å²) >= 11 is 3.42. The van der Waals surface area contributed by atoms with Crippen molar-refractivity contribution in [1.82, 2.24) is 9.55 Å². The summed E-state index contributed by atoms with van der Waals surface area (Å²) in [6.07, 6.45) is 4.23. The van der Waals surface area contributed by atoms with Crippen LogP contribution in [-0.2, 0) is 0 Å². The molecule has 0 spiro atoms. The minimum Gasteiger partial charge on any atom is -0.350 e. The van der Waals surface area contributed by atoms with E-state index in [2.05, 4.69) is 20.9 Å². The van der Waals surface area contributed by atoms with Gasteiger partial charge in [-0.3, -0.25) is 9.36 Å². The number of halogens is 1. The minimum absolute atomic E-state index is 0.111. The van der Waals surface area contributed by atoms with Crippen LogP contribution in [0.5, 0.6) is 0 Å². The van der Waals surface area contributed by atoms with Crippen molar-refractivity contribution in [2.24, 2.45) is 5.73 Å². The second kappa shape index (κ2) is 5.38. The Labute approximate surface area is 125 Å². The zero-order valence-electron chi connectivity index (χ0n) is 10.9. The van der Waals surface area contributed by atoms with Gasteiger partial charge >= 0.3 is 0 Å². The van der Waals surface area contributed by atoms with Crippen LogP contribution in [0.15, 0.2) is 45.9 Å². The van der Waals surface area contributed by atoms with Crippen molar-refractivity contribution >= 4 is 21.7 Å². The van der Waals surface area contributed by atoms with Crippen LogP contribution in [0.1, 0.15) is 6.42 Å². The van der Waals surface area contributed by atoms with Crippen LogP contribution in [0.25, 0.3) is 5.69 Å². The van der Waals surface area contributed by atoms with Gasteiger partial charge in [-0.15, -0.1) is 0 Å². The lowest BCUT2D eigenvalue weighted by atomic mass is 10.3. The first-order valence-corrected chi connectivity index (χ1v) is 7.28. The Kier molecular flexibility index (Phi) is 3.58. The van der Waals surface area contributed by atoms with E-state index in [0.717, 1.165) is 23.1 Å². The lowest BCUT2D eigenvalue weighted by Crippen LogP contribution is -2.33. The van der Waals surface area contributed by atoms with Crippen molar-refractivity contribution in [1.29, 1.82) is 0 Å². The molecule has 5 nitrogen and oxygen atoms in total. The first kappa shape index (κ1) is 13.3. The summed E-state index contributed by atoms with van der Waals surface area (Å²) in [5.74, 6) is 0.473. The first-order chi connectivity index (χ1) is 9.65. The molecule has 6 heteroatoms. The summed E-state index contributed by atoms with van der Waals surface area (Å²) in [6.45, 7) is 1.47. The van der Waals surface area contributed by atoms with Crippen molar-refractivity contribution in [3.8, 4) is 5.69 Å². The Balaban J connectivity index is 2.04. The molecular weight excluding hydrogens is 320 g/mol. The van der Waals surface area contributed by atoms with Crippen LogP contribution in [0.3, 0.4) is 0 Å². The number of hydrogen-bond donors (Lipinski definition) is 1. The Morgan fingerprint density at radius 2 is 2.25 bits per heavy atom. The Morgan fingerprint density at radius 3 is 2.95 bits per heavy atom. The third-order valence-corrected chi connectivity index (χ3v) is 3.93. The van der Waals surface area contributed by atoms with Crippen molar-refractivity contribution < 1.29 is 0 Å². The zero-order valence-corrected chi connectivity index (χ0v) is 12.5. The molecule has 0 aliphatic carbocycles. The van der Waals surface area contributed by atoms with Crippen LogP contribution >= 0.6 is 15.9 Å². The van der Waals surface area contributed by atoms with Crippen LogP contribution in [-0.4, -0.2) is 28.7 Å². The predicted octanol–water partition coefficient (Wildman–Crippen LogP) is 1.53. The highest BCUT2D eigenvalue weighted by molar-refractivity contribution is 9.10. The number of benzene rings is 1. The molecule has 1 aliphatic rings. The summed E-state index contributed by atoms with van der Waals surface area (Å²) in [5, 5.41) is 0. The van der Waals surface area contributed by atoms with Crippen molar-refractivity contribution in [2.75, 3.05) is 18.0 Å². The average molecular weight is 335 g/mol. The van der Waals surface area contributed by atoms with Crippen LogP contribution in [0, 0.1) is 0 Å². The average Bonchev–Trinajstić information content (AvgIpc) is 2.85. The molecule has 1 unspecified atom stereocenters. The van der Waals surface area contributed by atoms with E-state index in [9.17, 15) is 4.79 Å². The predicted molar refractivity (Wildman–Crippen MR) is 82.3 cm³/mol. The number of anilines is 1. The van der Waals surface area contributed by atoms with Crippen molar-refractivity contribution in [3.05, 3.63) is 51.5 Å². The Bertz CT molecular complexity index is 685. The maximum atomic E-state index is 12.6. The fraction of sp³-hybridized carbons (Fsp3) is 0.286. The molecule has 0 amide bonds. The van der Waals surface area contributed by atoms with Gasteiger partial charge in [0.1, 0.15) is 0 Å². The lowest BCUT2D eigenvalue weighted by molar-refractivity contribution is 0.750. The smallest absolute Gasteiger partial charge is 0.298 e. The second-order valence-corrected chi connectivity index (χ2v) is 5.82. The van der Waals surface area contributed by atoms with E-state index in [0.29, 0.717) is 12.4 Å². The van der Waals surface area contributed by atoms with Gasteiger partial charge in [-0.05, 0) is 24.6 Å². The van der Waals surface area contributed by atoms with Crippen molar-refractivity contribution in [3.63, 3.8) is 0 Å². The lowest BCUT2D eigenvalue weighted by Gasteiger charge is -2.17. The molecule has 1 fully saturated rings. The Hall–Kier alpha value is -1.66. The molecule has 2 N–H and O–H groups in total. The Morgan fingerprint density at radius 1 is 1.40 bits per heavy atom. The minimum atomic E-state index is -0.111. The van der Waals surface area contributed by atoms with E-state index in [1.54, 1.807) is 17.0 Å². The molecular formula is C14H15BrN4O. The van der Waals surface area contributed by atoms with E-state index in [1.165, 1.54) is 0 Å². The van der Waals surface area contributed by atoms with E-state index < -0.39 is 0 Å². The SMILES string of the molecule is NC1CCN(c2nccn(-c3cccc(Br)c3)c2=O)C1. The van der Waals surface area contributed by atoms with Gasteiger partial charge < -0.3 is 10.6 Å². The third-order valence-electron chi connectivity index (χ3n) is 3.43. The highest BCUT2D eigenvalue weighted by atomic mass is 79.9. The van der Waals surface area contributed by atoms with Gasteiger partial charge in [0.2, 0.25) is 0 Å². The third kappa shape index (κ3) is 2.48. The molecule has 2 aromatic rings. The molecule has 104 valence electrons. The normalized spacial score (nSPS) is 18.5. The number of hydrogen-bond acceptors (Lipinski definition) is 4. The maximum absolute atomic E-state index is 12.6. The van der Waals surface area contributed by atoms with E-state index in [4.69, 9.17) is 5.73 Å². The second-order valence-electron chi connectivity index (χ2n) is 4.90. The molecule has 0 saturated carbocycles. The monoisotopic (exact) mass is 334 g/mol. The highest BCUT2D eigenvalue weighted by Crippen LogP contribution is 2.16. The van der Waals surface area contributed by atoms with Gasteiger partial charge in [0.25, 0.3) is 5.56 Å². The topological polar surface area (TPSA) is 64.2 Å². The van der Waals surface area contributed by atoms with Crippen molar-refractivity contribution in [2.45, 2.75) is 12.5 Å². The van der Waals surface area contributed by atoms with Gasteiger partial charge in [-0.25, -0.2) is 4.98 Å². The van der Waals surface area contributed by atoms with E-state index >= 15 is 0 Å². The van der Waals surface area contributed by atoms with Gasteiger partial charge in [0.05, 0.1) is 0 Å². The highest BCUT2D eigenvalue weighted by Gasteiger charge is 2.23. The quantitative estimate of drug-likeness (QED) is 0.904. The molecule has 2 heterocycles. The standard InChI is InChI=1S/C14H15BrN4O/c15-10-2-1-3-12(8-10)19-7-5-17-13(14(19)20)18-6-4-11(16)9-18/h1-3,5,7-8,11H,4,6,9,16H2. The maximum Gasteiger partial charge on any atom is 0.298 e. The summed E-state index contributed by atoms with van der Waals surface area (Å²) in [6, 6.07) is 7.75. The number of aromatic nitrogens is 2. The molecule has 0 bridgehead atoms. The molecule has 1 aromatic carbocycles. The van der Waals surface area contributed by atoms with Gasteiger partial charge in [-0.2, -0.15) is 0 Å². The van der Waals surface area contributed by atoms with Gasteiger partial charge in [0.15, 0.2) is 5.82 Å². The zero-order chi connectivity index (χ0) is 14.1. The van der Waals surface area contributed by atoms with Crippen LogP contribution in [0.4, 0.5) is 5.82 Å². The fourth-order valence-corrected chi connectivity index (χ4v) is 2.81. The fourth-order valence-electron chi connectivity index (χ4n) is 2.43. The molecule has 1 aromatic heterocycles. The van der Waals surface area contributed by atoms with E-state index in [1.807, 2.05) is 29.2 Å². The molecule has 1 aliphatic heterocycles. The van der Waals surface area contributed by atoms with Crippen LogP contribution < -0.4 is 16.2 Å². The molecule has 0 radical (unpaired) electrons. The van der Waals surface area contributed by atoms with Gasteiger partial charge in [0, 0.05) is 41.7 Å². The number of nitrogens with zero attached hydrogens (tertiary/aromatic N) is 3. The summed E-state index contributed by atoms with van der Waals surface area (Å²) < 4.78 is 2.54. The van der Waals surface area contributed by atoms with Gasteiger partial charge in [-0.1, -0.05) is 22.0 Å².